The van der Waals surface area contributed by atoms with E-state index in [1.807, 2.05) is 48.5 Å². The first-order valence-corrected chi connectivity index (χ1v) is 10.2. The van der Waals surface area contributed by atoms with Gasteiger partial charge in [-0.2, -0.15) is 0 Å². The Morgan fingerprint density at radius 2 is 1.70 bits per heavy atom. The number of rotatable bonds is 7. The molecule has 0 saturated carbocycles. The van der Waals surface area contributed by atoms with E-state index in [4.69, 9.17) is 16.2 Å². The van der Waals surface area contributed by atoms with Gasteiger partial charge in [-0.1, -0.05) is 18.2 Å². The number of benzene rings is 2. The number of nitrogens with zero attached hydrogens (tertiary/aromatic N) is 4. The highest BCUT2D eigenvalue weighted by atomic mass is 16.5. The normalized spacial score (nSPS) is 12.0. The molecule has 2 aromatic carbocycles. The fourth-order valence-electron chi connectivity index (χ4n) is 3.37. The monoisotopic (exact) mass is 438 g/mol. The molecule has 0 aliphatic heterocycles. The number of primary amides is 1. The molecular formula is C25H22N6O2. The van der Waals surface area contributed by atoms with E-state index in [0.717, 1.165) is 16.7 Å². The summed E-state index contributed by atoms with van der Waals surface area (Å²) in [5.41, 5.74) is 15.9. The van der Waals surface area contributed by atoms with Gasteiger partial charge in [-0.3, -0.25) is 14.8 Å². The van der Waals surface area contributed by atoms with Crippen LogP contribution in [-0.2, 0) is 6.61 Å². The minimum atomic E-state index is -0.609. The van der Waals surface area contributed by atoms with Gasteiger partial charge in [0.25, 0.3) is 5.91 Å². The lowest BCUT2D eigenvalue weighted by atomic mass is 10.0. The predicted octanol–water partition coefficient (Wildman–Crippen LogP) is 3.23. The van der Waals surface area contributed by atoms with E-state index in [1.165, 1.54) is 0 Å². The first-order valence-electron chi connectivity index (χ1n) is 10.2. The average molecular weight is 438 g/mol. The summed E-state index contributed by atoms with van der Waals surface area (Å²) in [5.74, 6) is 0.366. The molecule has 0 saturated heterocycles. The molecule has 2 heterocycles. The van der Waals surface area contributed by atoms with Gasteiger partial charge >= 0.3 is 0 Å². The summed E-state index contributed by atoms with van der Waals surface area (Å²) < 4.78 is 5.83. The SMILES string of the molecule is CN=C/C(=C(\N)c1ccc(OCc2nc(C(N)=O)c3ccccc3n2)cc1)c1ccncc1. The molecule has 0 aliphatic rings. The molecule has 0 radical (unpaired) electrons. The topological polar surface area (TPSA) is 129 Å². The first-order chi connectivity index (χ1) is 16.1. The lowest BCUT2D eigenvalue weighted by molar-refractivity contribution is 0.0996. The molecule has 4 N–H and O–H groups in total. The van der Waals surface area contributed by atoms with E-state index in [9.17, 15) is 4.79 Å². The second-order valence-corrected chi connectivity index (χ2v) is 7.13. The molecule has 0 fully saturated rings. The molecule has 8 nitrogen and oxygen atoms in total. The lowest BCUT2D eigenvalue weighted by Gasteiger charge is -2.11. The average Bonchev–Trinajstić information content (AvgIpc) is 2.86. The van der Waals surface area contributed by atoms with Crippen molar-refractivity contribution < 1.29 is 9.53 Å². The zero-order chi connectivity index (χ0) is 23.2. The molecule has 0 unspecified atom stereocenters. The number of pyridine rings is 1. The van der Waals surface area contributed by atoms with Gasteiger partial charge in [0.1, 0.15) is 18.1 Å². The third kappa shape index (κ3) is 4.85. The van der Waals surface area contributed by atoms with Crippen molar-refractivity contribution in [2.75, 3.05) is 7.05 Å². The number of nitrogens with two attached hydrogens (primary N) is 2. The van der Waals surface area contributed by atoms with E-state index in [0.29, 0.717) is 28.2 Å². The first kappa shape index (κ1) is 21.6. The van der Waals surface area contributed by atoms with Crippen molar-refractivity contribution in [2.45, 2.75) is 6.61 Å². The molecule has 8 heteroatoms. The van der Waals surface area contributed by atoms with Crippen LogP contribution in [0.3, 0.4) is 0 Å². The lowest BCUT2D eigenvalue weighted by Crippen LogP contribution is -2.16. The van der Waals surface area contributed by atoms with Gasteiger partial charge in [-0.15, -0.1) is 0 Å². The quantitative estimate of drug-likeness (QED) is 0.426. The minimum absolute atomic E-state index is 0.0839. The highest BCUT2D eigenvalue weighted by molar-refractivity contribution is 6.18. The highest BCUT2D eigenvalue weighted by Gasteiger charge is 2.13. The van der Waals surface area contributed by atoms with Crippen molar-refractivity contribution in [2.24, 2.45) is 16.5 Å². The van der Waals surface area contributed by atoms with Crippen LogP contribution in [0.1, 0.15) is 27.4 Å². The highest BCUT2D eigenvalue weighted by Crippen LogP contribution is 2.23. The Morgan fingerprint density at radius 3 is 2.39 bits per heavy atom. The van der Waals surface area contributed by atoms with Crippen molar-refractivity contribution in [3.63, 3.8) is 0 Å². The fraction of sp³-hybridized carbons (Fsp3) is 0.0800. The van der Waals surface area contributed by atoms with Crippen LogP contribution in [0.15, 0.2) is 78.0 Å². The van der Waals surface area contributed by atoms with Crippen molar-refractivity contribution in [1.29, 1.82) is 0 Å². The number of amides is 1. The van der Waals surface area contributed by atoms with Crippen LogP contribution in [0.25, 0.3) is 22.2 Å². The van der Waals surface area contributed by atoms with Crippen LogP contribution in [0.5, 0.6) is 5.75 Å². The van der Waals surface area contributed by atoms with Crippen molar-refractivity contribution in [3.05, 3.63) is 95.7 Å². The Hall–Kier alpha value is -4.59. The molecule has 2 aromatic heterocycles. The number of aliphatic imine (C=N–C) groups is 1. The predicted molar refractivity (Wildman–Crippen MR) is 128 cm³/mol. The van der Waals surface area contributed by atoms with E-state index < -0.39 is 5.91 Å². The van der Waals surface area contributed by atoms with Gasteiger partial charge in [0.05, 0.1) is 5.52 Å². The summed E-state index contributed by atoms with van der Waals surface area (Å²) in [6, 6.07) is 18.3. The Balaban J connectivity index is 1.55. The maximum absolute atomic E-state index is 11.8. The van der Waals surface area contributed by atoms with Crippen LogP contribution >= 0.6 is 0 Å². The molecule has 164 valence electrons. The van der Waals surface area contributed by atoms with Gasteiger partial charge in [0.15, 0.2) is 5.82 Å². The number of carbonyl (C=O) groups is 1. The number of allylic oxidation sites excluding steroid dienone is 1. The van der Waals surface area contributed by atoms with Gasteiger partial charge in [-0.05, 0) is 53.6 Å². The zero-order valence-electron chi connectivity index (χ0n) is 18.0. The Morgan fingerprint density at radius 1 is 0.970 bits per heavy atom. The molecule has 4 rings (SSSR count). The number of aromatic nitrogens is 3. The second kappa shape index (κ2) is 9.69. The third-order valence-corrected chi connectivity index (χ3v) is 4.96. The Labute approximate surface area is 190 Å². The largest absolute Gasteiger partial charge is 0.486 e. The maximum atomic E-state index is 11.8. The van der Waals surface area contributed by atoms with Crippen LogP contribution < -0.4 is 16.2 Å². The summed E-state index contributed by atoms with van der Waals surface area (Å²) in [7, 11) is 1.70. The minimum Gasteiger partial charge on any atom is -0.486 e. The van der Waals surface area contributed by atoms with E-state index in [2.05, 4.69) is 19.9 Å². The van der Waals surface area contributed by atoms with Gasteiger partial charge in [0, 0.05) is 42.3 Å². The van der Waals surface area contributed by atoms with E-state index >= 15 is 0 Å². The molecule has 0 atom stereocenters. The van der Waals surface area contributed by atoms with Crippen LogP contribution in [0.2, 0.25) is 0 Å². The van der Waals surface area contributed by atoms with Crippen molar-refractivity contribution in [3.8, 4) is 5.75 Å². The summed E-state index contributed by atoms with van der Waals surface area (Å²) in [5, 5.41) is 0.612. The molecule has 0 spiro atoms. The number of carbonyl (C=O) groups excluding carboxylic acids is 1. The number of para-hydroxylation sites is 1. The Bertz CT molecular complexity index is 1350. The number of hydrogen-bond donors (Lipinski definition) is 2. The molecule has 33 heavy (non-hydrogen) atoms. The summed E-state index contributed by atoms with van der Waals surface area (Å²) in [4.78, 5) is 28.7. The summed E-state index contributed by atoms with van der Waals surface area (Å²) in [6.07, 6.45) is 5.14. The van der Waals surface area contributed by atoms with E-state index in [-0.39, 0.29) is 12.3 Å². The molecule has 0 aliphatic carbocycles. The second-order valence-electron chi connectivity index (χ2n) is 7.13. The smallest absolute Gasteiger partial charge is 0.268 e. The van der Waals surface area contributed by atoms with Gasteiger partial charge in [0.2, 0.25) is 0 Å². The molecule has 1 amide bonds. The van der Waals surface area contributed by atoms with E-state index in [1.54, 1.807) is 37.8 Å². The summed E-state index contributed by atoms with van der Waals surface area (Å²) >= 11 is 0. The molecule has 0 bridgehead atoms. The Kier molecular flexibility index (Phi) is 6.36. The number of fused-ring (bicyclic) bond motifs is 1. The molecule has 4 aromatic rings. The third-order valence-electron chi connectivity index (χ3n) is 4.96. The zero-order valence-corrected chi connectivity index (χ0v) is 18.0. The van der Waals surface area contributed by atoms with Crippen molar-refractivity contribution in [1.82, 2.24) is 15.0 Å². The van der Waals surface area contributed by atoms with Crippen molar-refractivity contribution >= 4 is 34.3 Å². The van der Waals surface area contributed by atoms with Gasteiger partial charge < -0.3 is 16.2 Å². The van der Waals surface area contributed by atoms with Crippen LogP contribution in [0.4, 0.5) is 0 Å². The fourth-order valence-corrected chi connectivity index (χ4v) is 3.37. The standard InChI is InChI=1S/C25H22N6O2/c1-28-14-20(16-10-12-29-13-11-16)23(26)17-6-8-18(9-7-17)33-15-22-30-21-5-3-2-4-19(21)24(31-22)25(27)32/h2-14H,15,26H2,1H3,(H2,27,32)/b23-20+,28-14?. The summed E-state index contributed by atoms with van der Waals surface area (Å²) in [6.45, 7) is 0.0839. The number of ether oxygens (including phenoxy) is 1. The van der Waals surface area contributed by atoms with Crippen LogP contribution in [0, 0.1) is 0 Å². The number of hydrogen-bond acceptors (Lipinski definition) is 7. The molecular weight excluding hydrogens is 416 g/mol. The van der Waals surface area contributed by atoms with Crippen LogP contribution in [-0.4, -0.2) is 34.1 Å². The maximum Gasteiger partial charge on any atom is 0.268 e. The van der Waals surface area contributed by atoms with Gasteiger partial charge in [-0.25, -0.2) is 9.97 Å².